The van der Waals surface area contributed by atoms with Crippen molar-refractivity contribution in [2.24, 2.45) is 5.92 Å². The van der Waals surface area contributed by atoms with Crippen LogP contribution in [0, 0.1) is 5.92 Å². The molecule has 1 amide bonds. The Bertz CT molecular complexity index is 984. The highest BCUT2D eigenvalue weighted by Gasteiger charge is 2.26. The number of amides is 1. The number of nitrogens with zero attached hydrogens (tertiary/aromatic N) is 6. The van der Waals surface area contributed by atoms with Gasteiger partial charge in [-0.3, -0.25) is 4.79 Å². The first kappa shape index (κ1) is 19.6. The summed E-state index contributed by atoms with van der Waals surface area (Å²) in [6.45, 7) is 1.45. The molecule has 10 nitrogen and oxygen atoms in total. The Kier molecular flexibility index (Phi) is 5.73. The van der Waals surface area contributed by atoms with Crippen molar-refractivity contribution in [1.82, 2.24) is 25.0 Å². The normalized spacial score (nSPS) is 14.4. The number of hydrogen-bond donors (Lipinski definition) is 1. The maximum atomic E-state index is 12.8. The number of carbonyl (C=O) groups excluding carboxylic acids is 1. The molecule has 156 valence electrons. The zero-order valence-electron chi connectivity index (χ0n) is 16.9. The monoisotopic (exact) mass is 409 g/mol. The molecule has 0 saturated carbocycles. The number of methoxy groups -OCH3 is 2. The van der Waals surface area contributed by atoms with Gasteiger partial charge in [0.25, 0.3) is 0 Å². The number of nitrogens with one attached hydrogen (secondary N) is 1. The fourth-order valence-corrected chi connectivity index (χ4v) is 3.45. The minimum absolute atomic E-state index is 0.0196. The van der Waals surface area contributed by atoms with E-state index < -0.39 is 0 Å². The Labute approximate surface area is 173 Å². The Hall–Kier alpha value is -3.69. The summed E-state index contributed by atoms with van der Waals surface area (Å²) in [5.41, 5.74) is 0.610. The molecule has 1 fully saturated rings. The second-order valence-corrected chi connectivity index (χ2v) is 6.91. The van der Waals surface area contributed by atoms with Gasteiger partial charge in [0.1, 0.15) is 24.2 Å². The molecule has 1 saturated heterocycles. The molecule has 3 aromatic rings. The van der Waals surface area contributed by atoms with Gasteiger partial charge < -0.3 is 19.7 Å². The van der Waals surface area contributed by atoms with Crippen molar-refractivity contribution in [3.63, 3.8) is 0 Å². The number of rotatable bonds is 6. The van der Waals surface area contributed by atoms with Crippen LogP contribution in [0.4, 0.5) is 11.5 Å². The van der Waals surface area contributed by atoms with Crippen molar-refractivity contribution in [1.29, 1.82) is 0 Å². The van der Waals surface area contributed by atoms with Gasteiger partial charge >= 0.3 is 0 Å². The van der Waals surface area contributed by atoms with Gasteiger partial charge in [-0.2, -0.15) is 5.10 Å². The molecule has 10 heteroatoms. The number of piperidine rings is 1. The lowest BCUT2D eigenvalue weighted by molar-refractivity contribution is -0.120. The summed E-state index contributed by atoms with van der Waals surface area (Å²) in [6, 6.07) is 9.09. The zero-order chi connectivity index (χ0) is 20.9. The first-order valence-corrected chi connectivity index (χ1v) is 9.64. The van der Waals surface area contributed by atoms with E-state index in [0.717, 1.165) is 31.7 Å². The smallest absolute Gasteiger partial charge is 0.227 e. The standard InChI is InChI=1S/C20H23N7O3/c1-29-15-3-4-17(30-2)16(11-15)23-20(28)14-7-9-26(10-8-14)18-5-6-19(25-24-18)27-13-21-12-22-27/h3-6,11-14H,7-10H2,1-2H3,(H,23,28). The van der Waals surface area contributed by atoms with Crippen LogP contribution in [0.1, 0.15) is 12.8 Å². The van der Waals surface area contributed by atoms with Crippen LogP contribution in [0.15, 0.2) is 43.0 Å². The van der Waals surface area contributed by atoms with Gasteiger partial charge in [0.2, 0.25) is 5.91 Å². The van der Waals surface area contributed by atoms with E-state index in [-0.39, 0.29) is 11.8 Å². The van der Waals surface area contributed by atoms with Crippen molar-refractivity contribution in [3.05, 3.63) is 43.0 Å². The molecule has 2 aromatic heterocycles. The maximum Gasteiger partial charge on any atom is 0.227 e. The van der Waals surface area contributed by atoms with Crippen LogP contribution in [-0.2, 0) is 4.79 Å². The summed E-state index contributed by atoms with van der Waals surface area (Å²) in [4.78, 5) is 18.8. The van der Waals surface area contributed by atoms with Crippen molar-refractivity contribution in [2.75, 3.05) is 37.5 Å². The lowest BCUT2D eigenvalue weighted by Crippen LogP contribution is -2.38. The van der Waals surface area contributed by atoms with E-state index in [1.54, 1.807) is 43.4 Å². The quantitative estimate of drug-likeness (QED) is 0.658. The minimum atomic E-state index is -0.0838. The van der Waals surface area contributed by atoms with Crippen LogP contribution in [0.2, 0.25) is 0 Å². The van der Waals surface area contributed by atoms with Crippen molar-refractivity contribution in [2.45, 2.75) is 12.8 Å². The molecule has 0 spiro atoms. The topological polar surface area (TPSA) is 107 Å². The van der Waals surface area contributed by atoms with Crippen molar-refractivity contribution < 1.29 is 14.3 Å². The minimum Gasteiger partial charge on any atom is -0.497 e. The van der Waals surface area contributed by atoms with Crippen LogP contribution in [0.3, 0.4) is 0 Å². The number of carbonyl (C=O) groups is 1. The van der Waals surface area contributed by atoms with Crippen molar-refractivity contribution in [3.8, 4) is 17.3 Å². The molecule has 30 heavy (non-hydrogen) atoms. The molecule has 0 atom stereocenters. The fourth-order valence-electron chi connectivity index (χ4n) is 3.45. The average Bonchev–Trinajstić information content (AvgIpc) is 3.34. The highest BCUT2D eigenvalue weighted by Crippen LogP contribution is 2.30. The molecule has 0 radical (unpaired) electrons. The molecule has 1 aliphatic rings. The number of ether oxygens (including phenoxy) is 2. The van der Waals surface area contributed by atoms with Gasteiger partial charge in [-0.15, -0.1) is 10.2 Å². The summed E-state index contributed by atoms with van der Waals surface area (Å²) >= 11 is 0. The second kappa shape index (κ2) is 8.76. The molecular weight excluding hydrogens is 386 g/mol. The summed E-state index contributed by atoms with van der Waals surface area (Å²) in [7, 11) is 3.16. The Balaban J connectivity index is 1.36. The van der Waals surface area contributed by atoms with Crippen LogP contribution in [-0.4, -0.2) is 58.2 Å². The first-order chi connectivity index (χ1) is 14.7. The van der Waals surface area contributed by atoms with E-state index in [1.165, 1.54) is 6.33 Å². The Morgan fingerprint density at radius 3 is 2.47 bits per heavy atom. The van der Waals surface area contributed by atoms with E-state index in [4.69, 9.17) is 9.47 Å². The SMILES string of the molecule is COc1ccc(OC)c(NC(=O)C2CCN(c3ccc(-n4cncn4)nn3)CC2)c1. The second-order valence-electron chi connectivity index (χ2n) is 6.91. The number of hydrogen-bond acceptors (Lipinski definition) is 8. The lowest BCUT2D eigenvalue weighted by atomic mass is 9.95. The first-order valence-electron chi connectivity index (χ1n) is 9.64. The van der Waals surface area contributed by atoms with Crippen molar-refractivity contribution >= 4 is 17.4 Å². The molecule has 1 aliphatic heterocycles. The summed E-state index contributed by atoms with van der Waals surface area (Å²) in [5.74, 6) is 2.55. The Morgan fingerprint density at radius 1 is 1.07 bits per heavy atom. The summed E-state index contributed by atoms with van der Waals surface area (Å²) in [6.07, 6.45) is 4.48. The number of benzene rings is 1. The molecular formula is C20H23N7O3. The van der Waals surface area contributed by atoms with Crippen LogP contribution in [0.25, 0.3) is 5.82 Å². The van der Waals surface area contributed by atoms with Gasteiger partial charge in [-0.25, -0.2) is 9.67 Å². The third-order valence-electron chi connectivity index (χ3n) is 5.14. The van der Waals surface area contributed by atoms with Gasteiger partial charge in [0.05, 0.1) is 19.9 Å². The molecule has 0 unspecified atom stereocenters. The van der Waals surface area contributed by atoms with E-state index in [9.17, 15) is 4.79 Å². The molecule has 1 aromatic carbocycles. The van der Waals surface area contributed by atoms with Crippen LogP contribution in [0.5, 0.6) is 11.5 Å². The van der Waals surface area contributed by atoms with E-state index >= 15 is 0 Å². The van der Waals surface area contributed by atoms with E-state index in [2.05, 4.69) is 30.5 Å². The van der Waals surface area contributed by atoms with E-state index in [0.29, 0.717) is 23.0 Å². The summed E-state index contributed by atoms with van der Waals surface area (Å²) < 4.78 is 12.1. The number of anilines is 2. The zero-order valence-corrected chi connectivity index (χ0v) is 16.9. The molecule has 1 N–H and O–H groups in total. The lowest BCUT2D eigenvalue weighted by Gasteiger charge is -2.31. The molecule has 3 heterocycles. The maximum absolute atomic E-state index is 12.8. The van der Waals surface area contributed by atoms with Gasteiger partial charge in [-0.1, -0.05) is 0 Å². The van der Waals surface area contributed by atoms with Gasteiger partial charge in [0.15, 0.2) is 11.6 Å². The fraction of sp³-hybridized carbons (Fsp3) is 0.350. The Morgan fingerprint density at radius 2 is 1.83 bits per heavy atom. The predicted molar refractivity (Wildman–Crippen MR) is 110 cm³/mol. The largest absolute Gasteiger partial charge is 0.497 e. The third kappa shape index (κ3) is 4.17. The summed E-state index contributed by atoms with van der Waals surface area (Å²) in [5, 5.41) is 15.5. The van der Waals surface area contributed by atoms with Crippen LogP contribution < -0.4 is 19.7 Å². The molecule has 0 aliphatic carbocycles. The molecule has 0 bridgehead atoms. The van der Waals surface area contributed by atoms with Gasteiger partial charge in [0, 0.05) is 25.1 Å². The van der Waals surface area contributed by atoms with Crippen LogP contribution >= 0.6 is 0 Å². The van der Waals surface area contributed by atoms with E-state index in [1.807, 2.05) is 12.1 Å². The average molecular weight is 409 g/mol. The van der Waals surface area contributed by atoms with Gasteiger partial charge in [-0.05, 0) is 37.1 Å². The number of aromatic nitrogens is 5. The highest BCUT2D eigenvalue weighted by molar-refractivity contribution is 5.94. The molecule has 4 rings (SSSR count). The highest BCUT2D eigenvalue weighted by atomic mass is 16.5. The predicted octanol–water partition coefficient (Wildman–Crippen LogP) is 1.93. The third-order valence-corrected chi connectivity index (χ3v) is 5.14.